The van der Waals surface area contributed by atoms with Gasteiger partial charge in [0.1, 0.15) is 5.75 Å². The van der Waals surface area contributed by atoms with Gasteiger partial charge in [-0.15, -0.1) is 0 Å². The zero-order chi connectivity index (χ0) is 19.1. The lowest BCUT2D eigenvalue weighted by Gasteiger charge is -2.37. The first kappa shape index (κ1) is 19.2. The summed E-state index contributed by atoms with van der Waals surface area (Å²) in [6.07, 6.45) is 0.771. The predicted octanol–water partition coefficient (Wildman–Crippen LogP) is 2.42. The zero-order valence-corrected chi connectivity index (χ0v) is 16.2. The molecule has 0 radical (unpaired) electrons. The van der Waals surface area contributed by atoms with E-state index in [1.165, 1.54) is 5.56 Å². The van der Waals surface area contributed by atoms with E-state index in [1.54, 1.807) is 14.2 Å². The van der Waals surface area contributed by atoms with Crippen LogP contribution < -0.4 is 15.0 Å². The lowest BCUT2D eigenvalue weighted by Crippen LogP contribution is -2.49. The minimum Gasteiger partial charge on any atom is -0.495 e. The first-order valence-electron chi connectivity index (χ1n) is 9.57. The molecule has 0 saturated carbocycles. The van der Waals surface area contributed by atoms with Crippen molar-refractivity contribution < 1.29 is 9.53 Å². The van der Waals surface area contributed by atoms with Crippen molar-refractivity contribution in [3.63, 3.8) is 0 Å². The van der Waals surface area contributed by atoms with Crippen molar-refractivity contribution in [2.75, 3.05) is 51.8 Å². The topological polar surface area (TPSA) is 44.8 Å². The molecule has 1 atom stereocenters. The molecule has 1 aliphatic heterocycles. The maximum Gasteiger partial charge on any atom is 0.224 e. The van der Waals surface area contributed by atoms with Crippen LogP contribution in [0.25, 0.3) is 0 Å². The van der Waals surface area contributed by atoms with E-state index < -0.39 is 0 Å². The van der Waals surface area contributed by atoms with Gasteiger partial charge in [0.15, 0.2) is 0 Å². The summed E-state index contributed by atoms with van der Waals surface area (Å²) in [5.41, 5.74) is 2.35. The number of hydrogen-bond acceptors (Lipinski definition) is 4. The minimum atomic E-state index is -0.0322. The zero-order valence-electron chi connectivity index (χ0n) is 16.2. The van der Waals surface area contributed by atoms with E-state index in [-0.39, 0.29) is 11.8 Å². The third-order valence-corrected chi connectivity index (χ3v) is 5.22. The van der Waals surface area contributed by atoms with Crippen LogP contribution in [0.2, 0.25) is 0 Å². The highest BCUT2D eigenvalue weighted by Crippen LogP contribution is 2.28. The SMILES string of the molecule is CNC(=O)C(Cc1ccccc1)CN1CCN(c2ccccc2OC)CC1. The Morgan fingerprint density at radius 3 is 2.37 bits per heavy atom. The number of benzene rings is 2. The van der Waals surface area contributed by atoms with Crippen LogP contribution in [0.3, 0.4) is 0 Å². The quantitative estimate of drug-likeness (QED) is 0.816. The molecule has 144 valence electrons. The van der Waals surface area contributed by atoms with Crippen LogP contribution in [0, 0.1) is 5.92 Å². The second-order valence-electron chi connectivity index (χ2n) is 6.96. The number of para-hydroxylation sites is 2. The van der Waals surface area contributed by atoms with Crippen LogP contribution in [-0.4, -0.2) is 57.7 Å². The number of methoxy groups -OCH3 is 1. The number of anilines is 1. The van der Waals surface area contributed by atoms with Crippen LogP contribution in [-0.2, 0) is 11.2 Å². The Kier molecular flexibility index (Phi) is 6.71. The van der Waals surface area contributed by atoms with Gasteiger partial charge in [-0.2, -0.15) is 0 Å². The van der Waals surface area contributed by atoms with E-state index in [0.29, 0.717) is 0 Å². The van der Waals surface area contributed by atoms with Gasteiger partial charge in [-0.3, -0.25) is 9.69 Å². The van der Waals surface area contributed by atoms with Crippen molar-refractivity contribution in [1.29, 1.82) is 0 Å². The molecule has 0 aromatic heterocycles. The fourth-order valence-corrected chi connectivity index (χ4v) is 3.72. The molecule has 0 bridgehead atoms. The Morgan fingerprint density at radius 1 is 1.04 bits per heavy atom. The molecule has 1 heterocycles. The van der Waals surface area contributed by atoms with Crippen LogP contribution in [0.1, 0.15) is 5.56 Å². The molecule has 0 aliphatic carbocycles. The number of amides is 1. The summed E-state index contributed by atoms with van der Waals surface area (Å²) in [7, 11) is 3.44. The van der Waals surface area contributed by atoms with Crippen LogP contribution in [0.4, 0.5) is 5.69 Å². The second-order valence-corrected chi connectivity index (χ2v) is 6.96. The van der Waals surface area contributed by atoms with Gasteiger partial charge in [-0.05, 0) is 24.1 Å². The first-order valence-corrected chi connectivity index (χ1v) is 9.57. The van der Waals surface area contributed by atoms with Crippen molar-refractivity contribution in [3.05, 3.63) is 60.2 Å². The molecule has 5 heteroatoms. The molecular formula is C22H29N3O2. The third kappa shape index (κ3) is 5.01. The fourth-order valence-electron chi connectivity index (χ4n) is 3.72. The number of ether oxygens (including phenoxy) is 1. The van der Waals surface area contributed by atoms with Crippen LogP contribution >= 0.6 is 0 Å². The first-order chi connectivity index (χ1) is 13.2. The average molecular weight is 367 g/mol. The summed E-state index contributed by atoms with van der Waals surface area (Å²) in [6, 6.07) is 18.4. The maximum atomic E-state index is 12.4. The summed E-state index contributed by atoms with van der Waals surface area (Å²) in [5.74, 6) is 1.000. The van der Waals surface area contributed by atoms with E-state index in [0.717, 1.165) is 50.6 Å². The van der Waals surface area contributed by atoms with Crippen molar-refractivity contribution in [2.24, 2.45) is 5.92 Å². The Morgan fingerprint density at radius 2 is 1.70 bits per heavy atom. The maximum absolute atomic E-state index is 12.4. The molecule has 1 fully saturated rings. The molecule has 1 unspecified atom stereocenters. The normalized spacial score (nSPS) is 16.0. The number of nitrogens with one attached hydrogen (secondary N) is 1. The van der Waals surface area contributed by atoms with Gasteiger partial charge >= 0.3 is 0 Å². The molecule has 0 spiro atoms. The lowest BCUT2D eigenvalue weighted by atomic mass is 9.97. The third-order valence-electron chi connectivity index (χ3n) is 5.22. The Hall–Kier alpha value is -2.53. The van der Waals surface area contributed by atoms with Crippen LogP contribution in [0.15, 0.2) is 54.6 Å². The molecule has 1 saturated heterocycles. The standard InChI is InChI=1S/C22H29N3O2/c1-23-22(26)19(16-18-8-4-3-5-9-18)17-24-12-14-25(15-13-24)20-10-6-7-11-21(20)27-2/h3-11,19H,12-17H2,1-2H3,(H,23,26). The summed E-state index contributed by atoms with van der Waals surface area (Å²) >= 11 is 0. The molecule has 27 heavy (non-hydrogen) atoms. The molecule has 1 amide bonds. The fraction of sp³-hybridized carbons (Fsp3) is 0.409. The highest BCUT2D eigenvalue weighted by Gasteiger charge is 2.25. The number of carbonyl (C=O) groups is 1. The lowest BCUT2D eigenvalue weighted by molar-refractivity contribution is -0.125. The van der Waals surface area contributed by atoms with Gasteiger partial charge in [0.25, 0.3) is 0 Å². The van der Waals surface area contributed by atoms with Crippen LogP contribution in [0.5, 0.6) is 5.75 Å². The van der Waals surface area contributed by atoms with Crippen molar-refractivity contribution in [2.45, 2.75) is 6.42 Å². The molecule has 2 aromatic rings. The van der Waals surface area contributed by atoms with E-state index in [2.05, 4.69) is 33.3 Å². The monoisotopic (exact) mass is 367 g/mol. The molecule has 1 N–H and O–H groups in total. The summed E-state index contributed by atoms with van der Waals surface area (Å²) < 4.78 is 5.49. The molecule has 3 rings (SSSR count). The van der Waals surface area contributed by atoms with Gasteiger partial charge in [0, 0.05) is 39.8 Å². The summed E-state index contributed by atoms with van der Waals surface area (Å²) in [6.45, 7) is 4.55. The van der Waals surface area contributed by atoms with Gasteiger partial charge in [0.2, 0.25) is 5.91 Å². The highest BCUT2D eigenvalue weighted by molar-refractivity contribution is 5.78. The number of piperazine rings is 1. The van der Waals surface area contributed by atoms with Crippen molar-refractivity contribution in [3.8, 4) is 5.75 Å². The minimum absolute atomic E-state index is 0.0322. The van der Waals surface area contributed by atoms with Gasteiger partial charge < -0.3 is 15.0 Å². The average Bonchev–Trinajstić information content (AvgIpc) is 2.74. The number of nitrogens with zero attached hydrogens (tertiary/aromatic N) is 2. The van der Waals surface area contributed by atoms with Gasteiger partial charge in [-0.1, -0.05) is 42.5 Å². The smallest absolute Gasteiger partial charge is 0.224 e. The predicted molar refractivity (Wildman–Crippen MR) is 109 cm³/mol. The number of rotatable bonds is 7. The molecule has 5 nitrogen and oxygen atoms in total. The van der Waals surface area contributed by atoms with Crippen molar-refractivity contribution >= 4 is 11.6 Å². The number of hydrogen-bond donors (Lipinski definition) is 1. The largest absolute Gasteiger partial charge is 0.495 e. The Labute approximate surface area is 161 Å². The van der Waals surface area contributed by atoms with E-state index in [4.69, 9.17) is 4.74 Å². The number of carbonyl (C=O) groups excluding carboxylic acids is 1. The van der Waals surface area contributed by atoms with E-state index >= 15 is 0 Å². The second kappa shape index (κ2) is 9.42. The van der Waals surface area contributed by atoms with E-state index in [9.17, 15) is 4.79 Å². The molecule has 2 aromatic carbocycles. The van der Waals surface area contributed by atoms with Gasteiger partial charge in [-0.25, -0.2) is 0 Å². The van der Waals surface area contributed by atoms with Crippen molar-refractivity contribution in [1.82, 2.24) is 10.2 Å². The molecular weight excluding hydrogens is 338 g/mol. The van der Waals surface area contributed by atoms with Gasteiger partial charge in [0.05, 0.1) is 18.7 Å². The molecule has 1 aliphatic rings. The van der Waals surface area contributed by atoms with E-state index in [1.807, 2.05) is 36.4 Å². The summed E-state index contributed by atoms with van der Waals surface area (Å²) in [5, 5.41) is 2.83. The summed E-state index contributed by atoms with van der Waals surface area (Å²) in [4.78, 5) is 17.2. The Bertz CT molecular complexity index is 727. The highest BCUT2D eigenvalue weighted by atomic mass is 16.5. The Balaban J connectivity index is 1.59.